The van der Waals surface area contributed by atoms with Crippen LogP contribution in [0.5, 0.6) is 0 Å². The summed E-state index contributed by atoms with van der Waals surface area (Å²) >= 11 is 0. The Labute approximate surface area is 106 Å². The molecule has 0 aliphatic carbocycles. The molecule has 5 nitrogen and oxygen atoms in total. The third-order valence-electron chi connectivity index (χ3n) is 2.93. The summed E-state index contributed by atoms with van der Waals surface area (Å²) < 4.78 is 0. The number of fused-ring (bicyclic) bond motifs is 1. The Bertz CT molecular complexity index is 485. The maximum absolute atomic E-state index is 11.9. The number of rotatable bonds is 4. The van der Waals surface area contributed by atoms with Crippen molar-refractivity contribution in [1.82, 2.24) is 10.6 Å². The largest absolute Gasteiger partial charge is 0.316 e. The normalized spacial score (nSPS) is 13.9. The summed E-state index contributed by atoms with van der Waals surface area (Å²) in [6.07, 6.45) is 0.308. The van der Waals surface area contributed by atoms with Crippen LogP contribution < -0.4 is 15.5 Å². The van der Waals surface area contributed by atoms with Crippen molar-refractivity contribution in [2.75, 3.05) is 25.5 Å². The number of hydrogen-bond donors (Lipinski definition) is 2. The maximum atomic E-state index is 11.9. The summed E-state index contributed by atoms with van der Waals surface area (Å²) in [5, 5.41) is 5.84. The maximum Gasteiger partial charge on any atom is 0.247 e. The number of carbonyl (C=O) groups excluding carboxylic acids is 2. The van der Waals surface area contributed by atoms with Gasteiger partial charge in [0.1, 0.15) is 0 Å². The van der Waals surface area contributed by atoms with Crippen molar-refractivity contribution in [3.05, 3.63) is 29.3 Å². The lowest BCUT2D eigenvalue weighted by atomic mass is 10.1. The Morgan fingerprint density at radius 1 is 1.33 bits per heavy atom. The van der Waals surface area contributed by atoms with Crippen LogP contribution >= 0.6 is 0 Å². The van der Waals surface area contributed by atoms with Gasteiger partial charge in [-0.05, 0) is 31.3 Å². The van der Waals surface area contributed by atoms with Crippen molar-refractivity contribution in [3.8, 4) is 0 Å². The average molecular weight is 247 g/mol. The van der Waals surface area contributed by atoms with Crippen LogP contribution in [0.1, 0.15) is 11.1 Å². The molecule has 0 fully saturated rings. The highest BCUT2D eigenvalue weighted by molar-refractivity contribution is 6.19. The summed E-state index contributed by atoms with van der Waals surface area (Å²) in [7, 11) is 3.57. The lowest BCUT2D eigenvalue weighted by Gasteiger charge is -2.15. The molecule has 2 rings (SSSR count). The molecule has 0 spiro atoms. The highest BCUT2D eigenvalue weighted by atomic mass is 16.2. The molecule has 0 radical (unpaired) electrons. The lowest BCUT2D eigenvalue weighted by molar-refractivity contribution is -0.125. The van der Waals surface area contributed by atoms with E-state index in [4.69, 9.17) is 0 Å². The third kappa shape index (κ3) is 2.27. The molecule has 1 aliphatic rings. The van der Waals surface area contributed by atoms with E-state index in [0.29, 0.717) is 6.42 Å². The van der Waals surface area contributed by atoms with Crippen molar-refractivity contribution < 1.29 is 9.59 Å². The average Bonchev–Trinajstić information content (AvgIpc) is 2.65. The predicted octanol–water partition coefficient (Wildman–Crippen LogP) is 0.0411. The van der Waals surface area contributed by atoms with Crippen molar-refractivity contribution in [1.29, 1.82) is 0 Å². The summed E-state index contributed by atoms with van der Waals surface area (Å²) in [6, 6.07) is 5.77. The summed E-state index contributed by atoms with van der Waals surface area (Å²) in [5.74, 6) is -0.352. The van der Waals surface area contributed by atoms with Crippen LogP contribution in [-0.4, -0.2) is 32.5 Å². The van der Waals surface area contributed by atoms with Crippen molar-refractivity contribution in [2.24, 2.45) is 0 Å². The second-order valence-electron chi connectivity index (χ2n) is 4.32. The first-order chi connectivity index (χ1) is 8.67. The van der Waals surface area contributed by atoms with Gasteiger partial charge in [0.2, 0.25) is 11.8 Å². The minimum absolute atomic E-state index is 0.146. The zero-order valence-corrected chi connectivity index (χ0v) is 10.6. The highest BCUT2D eigenvalue weighted by Gasteiger charge is 2.31. The number of anilines is 1. The fourth-order valence-electron chi connectivity index (χ4n) is 2.19. The van der Waals surface area contributed by atoms with Gasteiger partial charge in [0.15, 0.2) is 0 Å². The van der Waals surface area contributed by atoms with Gasteiger partial charge >= 0.3 is 0 Å². The van der Waals surface area contributed by atoms with Crippen LogP contribution in [0.15, 0.2) is 18.2 Å². The third-order valence-corrected chi connectivity index (χ3v) is 2.93. The van der Waals surface area contributed by atoms with Crippen LogP contribution in [-0.2, 0) is 22.6 Å². The van der Waals surface area contributed by atoms with E-state index >= 15 is 0 Å². The molecular formula is C13H17N3O2. The molecule has 0 saturated heterocycles. The molecule has 2 N–H and O–H groups in total. The van der Waals surface area contributed by atoms with Crippen molar-refractivity contribution in [3.63, 3.8) is 0 Å². The van der Waals surface area contributed by atoms with Crippen LogP contribution in [0, 0.1) is 0 Å². The standard InChI is InChI=1S/C13H17N3O2/c1-14-7-9-3-4-11-10(5-9)6-12(17)16(11)13(18)8-15-2/h3-5,14-15H,6-8H2,1-2H3. The SMILES string of the molecule is CNCC(=O)N1C(=O)Cc2cc(CNC)ccc21. The molecule has 1 aliphatic heterocycles. The molecular weight excluding hydrogens is 230 g/mol. The van der Waals surface area contributed by atoms with E-state index in [1.807, 2.05) is 25.2 Å². The van der Waals surface area contributed by atoms with Gasteiger partial charge in [-0.2, -0.15) is 0 Å². The fourth-order valence-corrected chi connectivity index (χ4v) is 2.19. The van der Waals surface area contributed by atoms with Gasteiger partial charge in [-0.15, -0.1) is 0 Å². The lowest BCUT2D eigenvalue weighted by Crippen LogP contribution is -2.39. The minimum Gasteiger partial charge on any atom is -0.316 e. The fraction of sp³-hybridized carbons (Fsp3) is 0.385. The quantitative estimate of drug-likeness (QED) is 0.788. The van der Waals surface area contributed by atoms with Crippen LogP contribution in [0.25, 0.3) is 0 Å². The van der Waals surface area contributed by atoms with Gasteiger partial charge in [-0.1, -0.05) is 12.1 Å². The smallest absolute Gasteiger partial charge is 0.247 e. The van der Waals surface area contributed by atoms with E-state index in [1.54, 1.807) is 7.05 Å². The second-order valence-corrected chi connectivity index (χ2v) is 4.32. The molecule has 2 amide bonds. The van der Waals surface area contributed by atoms with Gasteiger partial charge < -0.3 is 10.6 Å². The van der Waals surface area contributed by atoms with Gasteiger partial charge in [0, 0.05) is 6.54 Å². The second kappa shape index (κ2) is 5.29. The molecule has 96 valence electrons. The molecule has 0 bridgehead atoms. The number of carbonyl (C=O) groups is 2. The molecule has 0 atom stereocenters. The van der Waals surface area contributed by atoms with Crippen LogP contribution in [0.2, 0.25) is 0 Å². The van der Waals surface area contributed by atoms with E-state index in [1.165, 1.54) is 4.90 Å². The van der Waals surface area contributed by atoms with Crippen LogP contribution in [0.4, 0.5) is 5.69 Å². The first-order valence-corrected chi connectivity index (χ1v) is 5.94. The van der Waals surface area contributed by atoms with E-state index < -0.39 is 0 Å². The van der Waals surface area contributed by atoms with Crippen molar-refractivity contribution in [2.45, 2.75) is 13.0 Å². The zero-order chi connectivity index (χ0) is 13.1. The molecule has 0 unspecified atom stereocenters. The molecule has 0 aromatic heterocycles. The minimum atomic E-state index is -0.206. The summed E-state index contributed by atoms with van der Waals surface area (Å²) in [5.41, 5.74) is 2.77. The van der Waals surface area contributed by atoms with Crippen LogP contribution in [0.3, 0.4) is 0 Å². The Balaban J connectivity index is 2.29. The van der Waals surface area contributed by atoms with E-state index in [0.717, 1.165) is 23.4 Å². The highest BCUT2D eigenvalue weighted by Crippen LogP contribution is 2.29. The summed E-state index contributed by atoms with van der Waals surface area (Å²) in [4.78, 5) is 25.0. The molecule has 1 aromatic carbocycles. The monoisotopic (exact) mass is 247 g/mol. The molecule has 0 saturated carbocycles. The Morgan fingerprint density at radius 3 is 2.78 bits per heavy atom. The van der Waals surface area contributed by atoms with Gasteiger partial charge in [-0.3, -0.25) is 9.59 Å². The Hall–Kier alpha value is -1.72. The number of imide groups is 1. The Kier molecular flexibility index (Phi) is 3.74. The number of amides is 2. The first kappa shape index (κ1) is 12.7. The predicted molar refractivity (Wildman–Crippen MR) is 69.3 cm³/mol. The summed E-state index contributed by atoms with van der Waals surface area (Å²) in [6.45, 7) is 0.926. The number of hydrogen-bond acceptors (Lipinski definition) is 4. The number of nitrogens with zero attached hydrogens (tertiary/aromatic N) is 1. The molecule has 1 aromatic rings. The van der Waals surface area contributed by atoms with E-state index in [-0.39, 0.29) is 18.4 Å². The van der Waals surface area contributed by atoms with Gasteiger partial charge in [0.05, 0.1) is 18.7 Å². The van der Waals surface area contributed by atoms with E-state index in [9.17, 15) is 9.59 Å². The van der Waals surface area contributed by atoms with Gasteiger partial charge in [0.25, 0.3) is 0 Å². The van der Waals surface area contributed by atoms with Crippen molar-refractivity contribution >= 4 is 17.5 Å². The molecule has 1 heterocycles. The first-order valence-electron chi connectivity index (χ1n) is 5.94. The molecule has 18 heavy (non-hydrogen) atoms. The van der Waals surface area contributed by atoms with E-state index in [2.05, 4.69) is 10.6 Å². The number of benzene rings is 1. The molecule has 5 heteroatoms. The number of nitrogens with one attached hydrogen (secondary N) is 2. The van der Waals surface area contributed by atoms with Gasteiger partial charge in [-0.25, -0.2) is 4.90 Å². The zero-order valence-electron chi connectivity index (χ0n) is 10.6. The number of likely N-dealkylation sites (N-methyl/N-ethyl adjacent to an activating group) is 1. The Morgan fingerprint density at radius 2 is 2.11 bits per heavy atom. The topological polar surface area (TPSA) is 61.4 Å².